The van der Waals surface area contributed by atoms with E-state index in [4.69, 9.17) is 9.97 Å². The third-order valence-electron chi connectivity index (χ3n) is 8.21. The summed E-state index contributed by atoms with van der Waals surface area (Å²) < 4.78 is 0. The van der Waals surface area contributed by atoms with Gasteiger partial charge in [0.25, 0.3) is 11.8 Å². The lowest BCUT2D eigenvalue weighted by Crippen LogP contribution is -2.42. The lowest BCUT2D eigenvalue weighted by molar-refractivity contribution is 0.0592. The molecule has 3 aromatic heterocycles. The normalized spacial score (nSPS) is 13.7. The van der Waals surface area contributed by atoms with Gasteiger partial charge in [0.05, 0.1) is 22.4 Å². The zero-order valence-corrected chi connectivity index (χ0v) is 24.7. The van der Waals surface area contributed by atoms with Crippen LogP contribution in [0.15, 0.2) is 59.3 Å². The van der Waals surface area contributed by atoms with Crippen LogP contribution in [-0.4, -0.2) is 33.2 Å². The zero-order valence-electron chi connectivity index (χ0n) is 23.0. The molecule has 3 aromatic carbocycles. The second-order valence-electron chi connectivity index (χ2n) is 11.3. The quantitative estimate of drug-likeness (QED) is 0.198. The smallest absolute Gasteiger partial charge is 0.261 e. The van der Waals surface area contributed by atoms with E-state index in [0.717, 1.165) is 55.4 Å². The van der Waals surface area contributed by atoms with Crippen molar-refractivity contribution in [2.45, 2.75) is 27.7 Å². The number of benzene rings is 3. The minimum atomic E-state index is -0.229. The molecule has 2 amide bonds. The summed E-state index contributed by atoms with van der Waals surface area (Å²) in [7, 11) is 0. The third-order valence-corrected chi connectivity index (χ3v) is 10.3. The average Bonchev–Trinajstić information content (AvgIpc) is 3.67. The predicted octanol–water partition coefficient (Wildman–Crippen LogP) is 8.76. The Bertz CT molecular complexity index is 1990. The van der Waals surface area contributed by atoms with E-state index in [1.165, 1.54) is 25.8 Å². The van der Waals surface area contributed by atoms with Gasteiger partial charge in [-0.15, -0.1) is 22.7 Å². The lowest BCUT2D eigenvalue weighted by Gasteiger charge is -2.28. The Balaban J connectivity index is 1.43. The van der Waals surface area contributed by atoms with Gasteiger partial charge in [0, 0.05) is 60.5 Å². The number of aromatic nitrogens is 2. The van der Waals surface area contributed by atoms with Gasteiger partial charge >= 0.3 is 0 Å². The molecule has 0 saturated heterocycles. The molecular formula is C34H25N3O2S2. The van der Waals surface area contributed by atoms with Crippen LogP contribution in [0, 0.1) is 19.8 Å². The number of carbonyl (C=O) groups excluding carboxylic acids is 2. The van der Waals surface area contributed by atoms with Crippen LogP contribution >= 0.6 is 22.7 Å². The first-order valence-corrected chi connectivity index (χ1v) is 15.5. The van der Waals surface area contributed by atoms with Crippen LogP contribution < -0.4 is 0 Å². The fraction of sp³-hybridized carbons (Fsp3) is 0.176. The highest BCUT2D eigenvalue weighted by molar-refractivity contribution is 7.14. The number of fused-ring (bicyclic) bond motifs is 4. The van der Waals surface area contributed by atoms with E-state index in [-0.39, 0.29) is 17.7 Å². The van der Waals surface area contributed by atoms with E-state index < -0.39 is 0 Å². The summed E-state index contributed by atoms with van der Waals surface area (Å²) in [6.07, 6.45) is 0. The van der Waals surface area contributed by atoms with Gasteiger partial charge in [-0.2, -0.15) is 0 Å². The van der Waals surface area contributed by atoms with Crippen LogP contribution in [0.25, 0.3) is 65.2 Å². The molecular weight excluding hydrogens is 547 g/mol. The molecule has 6 aromatic rings. The minimum absolute atomic E-state index is 0.182. The van der Waals surface area contributed by atoms with Gasteiger partial charge in [0.15, 0.2) is 0 Å². The summed E-state index contributed by atoms with van der Waals surface area (Å²) in [6, 6.07) is 16.3. The van der Waals surface area contributed by atoms with Gasteiger partial charge in [-0.25, -0.2) is 9.97 Å². The summed E-state index contributed by atoms with van der Waals surface area (Å²) >= 11 is 3.43. The van der Waals surface area contributed by atoms with Gasteiger partial charge < -0.3 is 0 Å². The molecule has 0 radical (unpaired) electrons. The maximum atomic E-state index is 13.5. The van der Waals surface area contributed by atoms with Gasteiger partial charge in [-0.1, -0.05) is 38.1 Å². The molecule has 1 aliphatic heterocycles. The van der Waals surface area contributed by atoms with E-state index in [1.54, 1.807) is 22.7 Å². The molecule has 0 atom stereocenters. The van der Waals surface area contributed by atoms with Crippen molar-refractivity contribution >= 4 is 56.3 Å². The lowest BCUT2D eigenvalue weighted by atomic mass is 9.90. The number of hydrogen-bond acceptors (Lipinski definition) is 6. The molecule has 5 nitrogen and oxygen atoms in total. The highest BCUT2D eigenvalue weighted by Crippen LogP contribution is 2.50. The molecule has 0 N–H and O–H groups in total. The van der Waals surface area contributed by atoms with Crippen molar-refractivity contribution in [3.05, 3.63) is 81.5 Å². The molecule has 0 unspecified atom stereocenters. The highest BCUT2D eigenvalue weighted by Gasteiger charge is 2.37. The Labute approximate surface area is 245 Å². The van der Waals surface area contributed by atoms with Crippen LogP contribution in [0.5, 0.6) is 0 Å². The van der Waals surface area contributed by atoms with E-state index in [9.17, 15) is 9.59 Å². The Kier molecular flexibility index (Phi) is 5.19. The molecule has 8 rings (SSSR count). The molecule has 0 fully saturated rings. The van der Waals surface area contributed by atoms with Crippen LogP contribution in [-0.2, 0) is 0 Å². The summed E-state index contributed by atoms with van der Waals surface area (Å²) in [5, 5.41) is 5.86. The first kappa shape index (κ1) is 24.6. The molecule has 2 aliphatic rings. The van der Waals surface area contributed by atoms with Crippen LogP contribution in [0.4, 0.5) is 0 Å². The number of rotatable bonds is 4. The predicted molar refractivity (Wildman–Crippen MR) is 168 cm³/mol. The minimum Gasteiger partial charge on any atom is -0.274 e. The molecule has 200 valence electrons. The van der Waals surface area contributed by atoms with Crippen LogP contribution in [0.2, 0.25) is 0 Å². The molecule has 0 bridgehead atoms. The number of aryl methyl sites for hydroxylation is 2. The van der Waals surface area contributed by atoms with Crippen molar-refractivity contribution in [1.82, 2.24) is 14.9 Å². The summed E-state index contributed by atoms with van der Waals surface area (Å²) in [5.41, 5.74) is 10.9. The van der Waals surface area contributed by atoms with Crippen molar-refractivity contribution < 1.29 is 9.59 Å². The van der Waals surface area contributed by atoms with Crippen molar-refractivity contribution in [2.24, 2.45) is 5.92 Å². The number of hydrogen-bond donors (Lipinski definition) is 0. The first-order valence-electron chi connectivity index (χ1n) is 13.7. The number of thiophene rings is 2. The summed E-state index contributed by atoms with van der Waals surface area (Å²) in [5.74, 6) is -0.276. The maximum Gasteiger partial charge on any atom is 0.261 e. The Hall–Kier alpha value is -4.20. The van der Waals surface area contributed by atoms with Crippen molar-refractivity contribution in [3.63, 3.8) is 0 Å². The molecule has 7 heteroatoms. The summed E-state index contributed by atoms with van der Waals surface area (Å²) in [6.45, 7) is 8.69. The second-order valence-corrected chi connectivity index (χ2v) is 13.2. The number of imide groups is 1. The Morgan fingerprint density at radius 1 is 0.634 bits per heavy atom. The average molecular weight is 572 g/mol. The van der Waals surface area contributed by atoms with Crippen molar-refractivity contribution in [1.29, 1.82) is 0 Å². The highest BCUT2D eigenvalue weighted by atomic mass is 32.1. The van der Waals surface area contributed by atoms with Gasteiger partial charge in [-0.05, 0) is 65.9 Å². The maximum absolute atomic E-state index is 13.5. The molecule has 1 aliphatic carbocycles. The monoisotopic (exact) mass is 571 g/mol. The van der Waals surface area contributed by atoms with E-state index in [0.29, 0.717) is 17.7 Å². The Morgan fingerprint density at radius 3 is 1.46 bits per heavy atom. The second kappa shape index (κ2) is 8.65. The zero-order chi connectivity index (χ0) is 28.2. The SMILES string of the molecule is Cc1ccsc1-c1ccc(-c2sccc2C)c2nc3c(nc12)-c1ccc2c4c(ccc-3c14)C(=O)N(CC(C)C)C2=O. The van der Waals surface area contributed by atoms with E-state index in [1.807, 2.05) is 38.1 Å². The first-order chi connectivity index (χ1) is 19.8. The third kappa shape index (κ3) is 3.33. The number of amides is 2. The van der Waals surface area contributed by atoms with Gasteiger partial charge in [0.1, 0.15) is 0 Å². The van der Waals surface area contributed by atoms with E-state index in [2.05, 4.69) is 48.9 Å². The number of nitrogens with zero attached hydrogens (tertiary/aromatic N) is 3. The van der Waals surface area contributed by atoms with Crippen LogP contribution in [0.3, 0.4) is 0 Å². The standard InChI is InChI=1S/C34H25N3O2S2/c1-16(2)15-37-33(38)21-7-5-19-25-20(6-8-22(26(21)25)34(37)39)28-27(19)35-29-23(31-17(3)11-13-40-31)9-10-24(30(29)36-28)32-18(4)12-14-41-32/h5-14,16H,15H2,1-4H3. The van der Waals surface area contributed by atoms with Crippen molar-refractivity contribution in [3.8, 4) is 43.4 Å². The van der Waals surface area contributed by atoms with Crippen LogP contribution in [0.1, 0.15) is 45.7 Å². The Morgan fingerprint density at radius 2 is 1.05 bits per heavy atom. The molecule has 0 saturated carbocycles. The number of carbonyl (C=O) groups is 2. The molecule has 41 heavy (non-hydrogen) atoms. The fourth-order valence-electron chi connectivity index (χ4n) is 6.34. The molecule has 4 heterocycles. The fourth-order valence-corrected chi connectivity index (χ4v) is 8.24. The molecule has 0 spiro atoms. The van der Waals surface area contributed by atoms with Crippen molar-refractivity contribution in [2.75, 3.05) is 6.54 Å². The largest absolute Gasteiger partial charge is 0.274 e. The van der Waals surface area contributed by atoms with E-state index >= 15 is 0 Å². The van der Waals surface area contributed by atoms with Gasteiger partial charge in [-0.3, -0.25) is 14.5 Å². The topological polar surface area (TPSA) is 63.2 Å². The summed E-state index contributed by atoms with van der Waals surface area (Å²) in [4.78, 5) is 41.6. The van der Waals surface area contributed by atoms with Gasteiger partial charge in [0.2, 0.25) is 0 Å².